The maximum absolute atomic E-state index is 11.1. The van der Waals surface area contributed by atoms with E-state index in [1.807, 2.05) is 0 Å². The maximum Gasteiger partial charge on any atom is 0.277 e. The van der Waals surface area contributed by atoms with Crippen molar-refractivity contribution in [3.63, 3.8) is 0 Å². The van der Waals surface area contributed by atoms with Crippen molar-refractivity contribution in [2.75, 3.05) is 32.1 Å². The summed E-state index contributed by atoms with van der Waals surface area (Å²) in [6, 6.07) is 0. The van der Waals surface area contributed by atoms with Crippen LogP contribution in [-0.4, -0.2) is 55.6 Å². The Balaban J connectivity index is 2.51. The quantitative estimate of drug-likeness (QED) is 0.602. The number of hydrogen-bond acceptors (Lipinski definition) is 3. The molecule has 1 aliphatic heterocycles. The lowest BCUT2D eigenvalue weighted by atomic mass is 10.3. The molecule has 0 spiro atoms. The normalized spacial score (nSPS) is 19.7. The third-order valence-electron chi connectivity index (χ3n) is 2.07. The van der Waals surface area contributed by atoms with Gasteiger partial charge in [0.05, 0.1) is 0 Å². The third-order valence-corrected chi connectivity index (χ3v) is 3.38. The molecule has 0 aromatic rings. The first-order valence-electron chi connectivity index (χ1n) is 4.07. The van der Waals surface area contributed by atoms with Crippen molar-refractivity contribution in [2.24, 2.45) is 5.14 Å². The minimum absolute atomic E-state index is 0.0740. The summed E-state index contributed by atoms with van der Waals surface area (Å²) in [5, 5.41) is 4.93. The Hall–Kier alpha value is -0.370. The Morgan fingerprint density at radius 1 is 1.29 bits per heavy atom. The van der Waals surface area contributed by atoms with Crippen molar-refractivity contribution in [1.29, 1.82) is 0 Å². The van der Waals surface area contributed by atoms with E-state index in [0.29, 0.717) is 13.1 Å². The molecular weight excluding hydrogens is 230 g/mol. The lowest BCUT2D eigenvalue weighted by Gasteiger charge is -2.32. The van der Waals surface area contributed by atoms with Crippen LogP contribution in [0.3, 0.4) is 0 Å². The van der Waals surface area contributed by atoms with Crippen molar-refractivity contribution >= 4 is 27.7 Å². The largest absolute Gasteiger partial charge is 0.339 e. The maximum atomic E-state index is 11.1. The summed E-state index contributed by atoms with van der Waals surface area (Å²) >= 11 is 5.36. The number of hydrogen-bond donors (Lipinski definition) is 1. The predicted octanol–water partition coefficient (Wildman–Crippen LogP) is -1.43. The molecule has 6 nitrogen and oxygen atoms in total. The monoisotopic (exact) mass is 241 g/mol. The Bertz CT molecular complexity index is 310. The van der Waals surface area contributed by atoms with Gasteiger partial charge in [0.15, 0.2) is 0 Å². The molecular formula is C6H12ClN3O3S. The van der Waals surface area contributed by atoms with Crippen molar-refractivity contribution in [2.45, 2.75) is 0 Å². The first-order chi connectivity index (χ1) is 6.45. The predicted molar refractivity (Wildman–Crippen MR) is 52.0 cm³/mol. The zero-order valence-electron chi connectivity index (χ0n) is 7.52. The molecule has 1 aliphatic rings. The molecule has 0 bridgehead atoms. The van der Waals surface area contributed by atoms with Crippen LogP contribution in [0, 0.1) is 0 Å². The highest BCUT2D eigenvalue weighted by Crippen LogP contribution is 2.04. The van der Waals surface area contributed by atoms with Crippen LogP contribution >= 0.6 is 11.6 Å². The topological polar surface area (TPSA) is 83.7 Å². The molecule has 1 heterocycles. The van der Waals surface area contributed by atoms with Gasteiger partial charge in [-0.05, 0) is 0 Å². The van der Waals surface area contributed by atoms with E-state index in [9.17, 15) is 13.2 Å². The van der Waals surface area contributed by atoms with Crippen LogP contribution in [0.15, 0.2) is 0 Å². The molecule has 1 saturated heterocycles. The number of nitrogens with zero attached hydrogens (tertiary/aromatic N) is 2. The zero-order chi connectivity index (χ0) is 10.8. The van der Waals surface area contributed by atoms with Gasteiger partial charge in [-0.15, -0.1) is 11.6 Å². The van der Waals surface area contributed by atoms with Gasteiger partial charge in [0.2, 0.25) is 5.91 Å². The fourth-order valence-electron chi connectivity index (χ4n) is 1.28. The van der Waals surface area contributed by atoms with E-state index >= 15 is 0 Å². The van der Waals surface area contributed by atoms with E-state index in [4.69, 9.17) is 16.7 Å². The minimum atomic E-state index is -3.62. The highest BCUT2D eigenvalue weighted by molar-refractivity contribution is 7.86. The van der Waals surface area contributed by atoms with E-state index < -0.39 is 10.2 Å². The summed E-state index contributed by atoms with van der Waals surface area (Å²) in [4.78, 5) is 12.6. The number of piperazine rings is 1. The molecule has 8 heteroatoms. The van der Waals surface area contributed by atoms with E-state index in [2.05, 4.69) is 0 Å². The summed E-state index contributed by atoms with van der Waals surface area (Å²) in [5.74, 6) is -0.254. The Morgan fingerprint density at radius 2 is 1.79 bits per heavy atom. The van der Waals surface area contributed by atoms with Gasteiger partial charge >= 0.3 is 0 Å². The number of halogens is 1. The fraction of sp³-hybridized carbons (Fsp3) is 0.833. The number of carbonyl (C=O) groups is 1. The van der Waals surface area contributed by atoms with Crippen LogP contribution in [0.5, 0.6) is 0 Å². The molecule has 14 heavy (non-hydrogen) atoms. The smallest absolute Gasteiger partial charge is 0.277 e. The molecule has 0 atom stereocenters. The molecule has 1 amide bonds. The Morgan fingerprint density at radius 3 is 2.14 bits per heavy atom. The van der Waals surface area contributed by atoms with Gasteiger partial charge in [-0.25, -0.2) is 5.14 Å². The van der Waals surface area contributed by atoms with Crippen molar-refractivity contribution in [3.05, 3.63) is 0 Å². The summed E-state index contributed by atoms with van der Waals surface area (Å²) in [6.07, 6.45) is 0. The summed E-state index contributed by atoms with van der Waals surface area (Å²) in [6.45, 7) is 1.17. The van der Waals surface area contributed by atoms with Gasteiger partial charge in [0, 0.05) is 26.2 Å². The van der Waals surface area contributed by atoms with Crippen LogP contribution in [0.2, 0.25) is 0 Å². The average Bonchev–Trinajstić information content (AvgIpc) is 2.15. The molecule has 1 fully saturated rings. The number of carbonyl (C=O) groups excluding carboxylic acids is 1. The number of rotatable bonds is 2. The summed E-state index contributed by atoms with van der Waals surface area (Å²) in [7, 11) is -3.62. The van der Waals surface area contributed by atoms with Crippen LogP contribution in [0.1, 0.15) is 0 Å². The van der Waals surface area contributed by atoms with Crippen LogP contribution in [0.25, 0.3) is 0 Å². The molecule has 82 valence electrons. The Kier molecular flexibility index (Phi) is 3.71. The van der Waals surface area contributed by atoms with Crippen LogP contribution in [0.4, 0.5) is 0 Å². The fourth-order valence-corrected chi connectivity index (χ4v) is 2.12. The van der Waals surface area contributed by atoms with Crippen molar-refractivity contribution in [3.8, 4) is 0 Å². The molecule has 0 saturated carbocycles. The minimum Gasteiger partial charge on any atom is -0.339 e. The number of alkyl halides is 1. The third kappa shape index (κ3) is 2.81. The van der Waals surface area contributed by atoms with Crippen molar-refractivity contribution in [1.82, 2.24) is 9.21 Å². The first-order valence-corrected chi connectivity index (χ1v) is 6.10. The van der Waals surface area contributed by atoms with Gasteiger partial charge in [0.25, 0.3) is 10.2 Å². The second kappa shape index (κ2) is 4.43. The van der Waals surface area contributed by atoms with E-state index in [1.54, 1.807) is 0 Å². The lowest BCUT2D eigenvalue weighted by Crippen LogP contribution is -2.52. The Labute approximate surface area is 87.8 Å². The molecule has 0 radical (unpaired) electrons. The molecule has 0 aliphatic carbocycles. The molecule has 2 N–H and O–H groups in total. The van der Waals surface area contributed by atoms with Gasteiger partial charge in [0.1, 0.15) is 5.88 Å². The van der Waals surface area contributed by atoms with Crippen molar-refractivity contribution < 1.29 is 13.2 Å². The van der Waals surface area contributed by atoms with E-state index in [-0.39, 0.29) is 24.9 Å². The van der Waals surface area contributed by atoms with Crippen LogP contribution < -0.4 is 5.14 Å². The van der Waals surface area contributed by atoms with Gasteiger partial charge in [-0.2, -0.15) is 12.7 Å². The molecule has 0 aromatic heterocycles. The highest BCUT2D eigenvalue weighted by atomic mass is 35.5. The summed E-state index contributed by atoms with van der Waals surface area (Å²) in [5.41, 5.74) is 0. The van der Waals surface area contributed by atoms with Gasteiger partial charge < -0.3 is 4.90 Å². The van der Waals surface area contributed by atoms with Gasteiger partial charge in [-0.1, -0.05) is 0 Å². The second-order valence-corrected chi connectivity index (χ2v) is 4.77. The molecule has 0 aromatic carbocycles. The number of nitrogens with two attached hydrogens (primary N) is 1. The van der Waals surface area contributed by atoms with E-state index in [1.165, 1.54) is 4.90 Å². The van der Waals surface area contributed by atoms with Crippen LogP contribution in [-0.2, 0) is 15.0 Å². The zero-order valence-corrected chi connectivity index (χ0v) is 9.09. The molecule has 1 rings (SSSR count). The summed E-state index contributed by atoms with van der Waals surface area (Å²) < 4.78 is 23.0. The number of amides is 1. The second-order valence-electron chi connectivity index (χ2n) is 2.96. The average molecular weight is 242 g/mol. The highest BCUT2D eigenvalue weighted by Gasteiger charge is 2.25. The first kappa shape index (κ1) is 11.7. The van der Waals surface area contributed by atoms with E-state index in [0.717, 1.165) is 4.31 Å². The SMILES string of the molecule is NS(=O)(=O)N1CCN(C(=O)CCl)CC1. The molecule has 0 unspecified atom stereocenters. The standard InChI is InChI=1S/C6H12ClN3O3S/c7-5-6(11)9-1-3-10(4-2-9)14(8,12)13/h1-5H2,(H2,8,12,13). The lowest BCUT2D eigenvalue weighted by molar-refractivity contribution is -0.129. The van der Waals surface area contributed by atoms with Gasteiger partial charge in [-0.3, -0.25) is 4.79 Å².